The van der Waals surface area contributed by atoms with Crippen LogP contribution in [-0.4, -0.2) is 16.6 Å². The number of aromatic nitrogens is 1. The fraction of sp³-hybridized carbons (Fsp3) is 0.263. The van der Waals surface area contributed by atoms with E-state index in [9.17, 15) is 9.59 Å². The predicted molar refractivity (Wildman–Crippen MR) is 95.9 cm³/mol. The highest BCUT2D eigenvalue weighted by molar-refractivity contribution is 5.91. The van der Waals surface area contributed by atoms with Gasteiger partial charge >= 0.3 is 5.76 Å². The minimum atomic E-state index is -0.548. The van der Waals surface area contributed by atoms with Crippen molar-refractivity contribution in [3.05, 3.63) is 59.1 Å². The molecule has 0 radical (unpaired) electrons. The van der Waals surface area contributed by atoms with E-state index in [1.165, 1.54) is 4.57 Å². The zero-order valence-corrected chi connectivity index (χ0v) is 14.2. The van der Waals surface area contributed by atoms with Crippen molar-refractivity contribution >= 4 is 22.7 Å². The molecule has 1 atom stereocenters. The van der Waals surface area contributed by atoms with Gasteiger partial charge in [-0.2, -0.15) is 0 Å². The molecule has 6 heteroatoms. The van der Waals surface area contributed by atoms with E-state index in [0.29, 0.717) is 16.8 Å². The molecule has 0 fully saturated rings. The first-order chi connectivity index (χ1) is 12.1. The van der Waals surface area contributed by atoms with E-state index in [1.54, 1.807) is 48.5 Å². The van der Waals surface area contributed by atoms with Crippen LogP contribution in [0.15, 0.2) is 57.7 Å². The molecule has 130 valence electrons. The molecule has 0 spiro atoms. The summed E-state index contributed by atoms with van der Waals surface area (Å²) in [6.45, 7) is 3.95. The van der Waals surface area contributed by atoms with Crippen LogP contribution in [0, 0.1) is 0 Å². The lowest BCUT2D eigenvalue weighted by Gasteiger charge is -2.13. The first-order valence-electron chi connectivity index (χ1n) is 8.21. The number of benzene rings is 2. The van der Waals surface area contributed by atoms with Crippen LogP contribution >= 0.6 is 0 Å². The Morgan fingerprint density at radius 1 is 1.20 bits per heavy atom. The molecule has 0 saturated heterocycles. The Kier molecular flexibility index (Phi) is 4.88. The minimum Gasteiger partial charge on any atom is -0.491 e. The number of hydrogen-bond acceptors (Lipinski definition) is 4. The average molecular weight is 340 g/mol. The Bertz CT molecular complexity index is 924. The molecule has 0 aliphatic heterocycles. The zero-order chi connectivity index (χ0) is 17.8. The highest BCUT2D eigenvalue weighted by Gasteiger charge is 2.12. The van der Waals surface area contributed by atoms with Gasteiger partial charge in [0.2, 0.25) is 5.91 Å². The normalized spacial score (nSPS) is 12.1. The number of para-hydroxylation sites is 2. The summed E-state index contributed by atoms with van der Waals surface area (Å²) in [4.78, 5) is 24.1. The molecule has 3 rings (SSSR count). The van der Waals surface area contributed by atoms with E-state index in [1.807, 2.05) is 6.92 Å². The maximum atomic E-state index is 12.2. The van der Waals surface area contributed by atoms with E-state index in [0.717, 1.165) is 12.2 Å². The summed E-state index contributed by atoms with van der Waals surface area (Å²) in [5, 5.41) is 2.77. The first-order valence-corrected chi connectivity index (χ1v) is 8.21. The van der Waals surface area contributed by atoms with Gasteiger partial charge in [-0.05, 0) is 49.7 Å². The van der Waals surface area contributed by atoms with Crippen molar-refractivity contribution in [1.29, 1.82) is 0 Å². The molecule has 3 aromatic rings. The lowest BCUT2D eigenvalue weighted by Crippen LogP contribution is -2.24. The van der Waals surface area contributed by atoms with E-state index in [4.69, 9.17) is 9.15 Å². The number of fused-ring (bicyclic) bond motifs is 1. The van der Waals surface area contributed by atoms with Gasteiger partial charge in [-0.25, -0.2) is 4.79 Å². The van der Waals surface area contributed by atoms with Gasteiger partial charge in [0.15, 0.2) is 5.58 Å². The number of nitrogens with one attached hydrogen (secondary N) is 1. The Balaban J connectivity index is 1.68. The monoisotopic (exact) mass is 340 g/mol. The van der Waals surface area contributed by atoms with E-state index >= 15 is 0 Å². The summed E-state index contributed by atoms with van der Waals surface area (Å²) in [5.74, 6) is -0.0951. The van der Waals surface area contributed by atoms with Gasteiger partial charge in [0, 0.05) is 5.69 Å². The van der Waals surface area contributed by atoms with Crippen LogP contribution in [0.2, 0.25) is 0 Å². The Morgan fingerprint density at radius 2 is 1.92 bits per heavy atom. The standard InChI is InChI=1S/C19H20N2O4/c1-3-13(2)24-15-10-8-14(9-11-15)20-18(22)12-21-16-6-4-5-7-17(16)25-19(21)23/h4-11,13H,3,12H2,1-2H3,(H,20,22). The summed E-state index contributed by atoms with van der Waals surface area (Å²) < 4.78 is 12.1. The second-order valence-corrected chi connectivity index (χ2v) is 5.83. The second kappa shape index (κ2) is 7.25. The molecule has 6 nitrogen and oxygen atoms in total. The van der Waals surface area contributed by atoms with Crippen LogP contribution in [0.4, 0.5) is 5.69 Å². The lowest BCUT2D eigenvalue weighted by molar-refractivity contribution is -0.116. The molecule has 0 saturated carbocycles. The maximum absolute atomic E-state index is 12.2. The van der Waals surface area contributed by atoms with Gasteiger partial charge in [-0.1, -0.05) is 19.1 Å². The van der Waals surface area contributed by atoms with Crippen molar-refractivity contribution in [2.75, 3.05) is 5.32 Å². The van der Waals surface area contributed by atoms with Crippen molar-refractivity contribution in [3.63, 3.8) is 0 Å². The third kappa shape index (κ3) is 3.91. The van der Waals surface area contributed by atoms with Gasteiger partial charge < -0.3 is 14.5 Å². The second-order valence-electron chi connectivity index (χ2n) is 5.83. The van der Waals surface area contributed by atoms with Crippen LogP contribution in [0.1, 0.15) is 20.3 Å². The molecule has 0 aliphatic carbocycles. The molecule has 1 amide bonds. The SMILES string of the molecule is CCC(C)Oc1ccc(NC(=O)Cn2c(=O)oc3ccccc32)cc1. The van der Waals surface area contributed by atoms with Crippen molar-refractivity contribution < 1.29 is 13.9 Å². The van der Waals surface area contributed by atoms with E-state index < -0.39 is 5.76 Å². The number of amides is 1. The fourth-order valence-electron chi connectivity index (χ4n) is 2.44. The molecule has 1 unspecified atom stereocenters. The Labute approximate surface area is 145 Å². The summed E-state index contributed by atoms with van der Waals surface area (Å²) in [5.41, 5.74) is 1.70. The third-order valence-corrected chi connectivity index (χ3v) is 3.93. The number of rotatable bonds is 6. The Hall–Kier alpha value is -3.02. The molecule has 1 N–H and O–H groups in total. The third-order valence-electron chi connectivity index (χ3n) is 3.93. The first kappa shape index (κ1) is 16.8. The molecule has 0 aliphatic rings. The van der Waals surface area contributed by atoms with E-state index in [-0.39, 0.29) is 18.6 Å². The van der Waals surface area contributed by atoms with Gasteiger partial charge in [-0.3, -0.25) is 9.36 Å². The van der Waals surface area contributed by atoms with Crippen LogP contribution in [0.5, 0.6) is 5.75 Å². The Morgan fingerprint density at radius 3 is 2.64 bits per heavy atom. The van der Waals surface area contributed by atoms with Crippen LogP contribution in [0.25, 0.3) is 11.1 Å². The summed E-state index contributed by atoms with van der Waals surface area (Å²) >= 11 is 0. The van der Waals surface area contributed by atoms with Crippen molar-refractivity contribution in [1.82, 2.24) is 4.57 Å². The maximum Gasteiger partial charge on any atom is 0.420 e. The van der Waals surface area contributed by atoms with Gasteiger partial charge in [-0.15, -0.1) is 0 Å². The van der Waals surface area contributed by atoms with Gasteiger partial charge in [0.1, 0.15) is 12.3 Å². The van der Waals surface area contributed by atoms with Crippen LogP contribution in [0.3, 0.4) is 0 Å². The largest absolute Gasteiger partial charge is 0.491 e. The van der Waals surface area contributed by atoms with Crippen molar-refractivity contribution in [2.24, 2.45) is 0 Å². The molecule has 2 aromatic carbocycles. The molecule has 25 heavy (non-hydrogen) atoms. The van der Waals surface area contributed by atoms with Gasteiger partial charge in [0.25, 0.3) is 0 Å². The number of carbonyl (C=O) groups is 1. The number of oxazole rings is 1. The molecular weight excluding hydrogens is 320 g/mol. The lowest BCUT2D eigenvalue weighted by atomic mass is 10.2. The van der Waals surface area contributed by atoms with Crippen molar-refractivity contribution in [2.45, 2.75) is 32.9 Å². The molecular formula is C19H20N2O4. The molecule has 1 aromatic heterocycles. The fourth-order valence-corrected chi connectivity index (χ4v) is 2.44. The van der Waals surface area contributed by atoms with E-state index in [2.05, 4.69) is 12.2 Å². The number of ether oxygens (including phenoxy) is 1. The number of nitrogens with zero attached hydrogens (tertiary/aromatic N) is 1. The summed E-state index contributed by atoms with van der Waals surface area (Å²) in [6.07, 6.45) is 1.06. The predicted octanol–water partition coefficient (Wildman–Crippen LogP) is 3.41. The molecule has 1 heterocycles. The summed E-state index contributed by atoms with van der Waals surface area (Å²) in [7, 11) is 0. The van der Waals surface area contributed by atoms with Crippen LogP contribution in [-0.2, 0) is 11.3 Å². The number of carbonyl (C=O) groups excluding carboxylic acids is 1. The minimum absolute atomic E-state index is 0.110. The average Bonchev–Trinajstić information content (AvgIpc) is 2.92. The number of anilines is 1. The number of hydrogen-bond donors (Lipinski definition) is 1. The van der Waals surface area contributed by atoms with Gasteiger partial charge in [0.05, 0.1) is 11.6 Å². The highest BCUT2D eigenvalue weighted by atomic mass is 16.5. The van der Waals surface area contributed by atoms with Crippen LogP contribution < -0.4 is 15.8 Å². The highest BCUT2D eigenvalue weighted by Crippen LogP contribution is 2.18. The molecule has 0 bridgehead atoms. The smallest absolute Gasteiger partial charge is 0.420 e. The zero-order valence-electron chi connectivity index (χ0n) is 14.2. The topological polar surface area (TPSA) is 73.5 Å². The quantitative estimate of drug-likeness (QED) is 0.746. The summed E-state index contributed by atoms with van der Waals surface area (Å²) in [6, 6.07) is 14.2. The van der Waals surface area contributed by atoms with Crippen molar-refractivity contribution in [3.8, 4) is 5.75 Å².